The molecule has 6 nitrogen and oxygen atoms in total. The molecule has 1 unspecified atom stereocenters. The van der Waals surface area contributed by atoms with Crippen molar-refractivity contribution < 1.29 is 19.5 Å². The Morgan fingerprint density at radius 2 is 2.18 bits per heavy atom. The van der Waals surface area contributed by atoms with Gasteiger partial charge in [-0.2, -0.15) is 0 Å². The summed E-state index contributed by atoms with van der Waals surface area (Å²) in [6, 6.07) is -0.519. The van der Waals surface area contributed by atoms with E-state index < -0.39 is 12.0 Å². The molecule has 0 bridgehead atoms. The first-order valence-corrected chi connectivity index (χ1v) is 5.73. The number of aliphatic carboxylic acids is 1. The second-order valence-corrected chi connectivity index (χ2v) is 4.20. The zero-order valence-electron chi connectivity index (χ0n) is 10.2. The van der Waals surface area contributed by atoms with Gasteiger partial charge >= 0.3 is 5.97 Å². The smallest absolute Gasteiger partial charge is 0.323 e. The number of carboxylic acid groups (broad SMARTS) is 1. The van der Waals surface area contributed by atoms with E-state index in [4.69, 9.17) is 5.11 Å². The van der Waals surface area contributed by atoms with Crippen LogP contribution >= 0.6 is 0 Å². The first-order chi connectivity index (χ1) is 7.97. The Balaban J connectivity index is 2.69. The molecule has 0 saturated carbocycles. The molecular weight excluding hydrogens is 224 g/mol. The predicted octanol–water partition coefficient (Wildman–Crippen LogP) is -0.0696. The van der Waals surface area contributed by atoms with Gasteiger partial charge in [0, 0.05) is 20.0 Å². The van der Waals surface area contributed by atoms with Crippen LogP contribution in [0.2, 0.25) is 0 Å². The van der Waals surface area contributed by atoms with Crippen molar-refractivity contribution in [2.75, 3.05) is 20.1 Å². The van der Waals surface area contributed by atoms with Crippen molar-refractivity contribution in [2.45, 2.75) is 32.2 Å². The first kappa shape index (κ1) is 13.5. The van der Waals surface area contributed by atoms with Crippen LogP contribution in [0.3, 0.4) is 0 Å². The molecule has 0 aliphatic carbocycles. The number of nitrogens with zero attached hydrogens (tertiary/aromatic N) is 2. The van der Waals surface area contributed by atoms with Crippen LogP contribution in [0, 0.1) is 0 Å². The lowest BCUT2D eigenvalue weighted by atomic mass is 10.1. The van der Waals surface area contributed by atoms with Crippen LogP contribution in [0.25, 0.3) is 0 Å². The molecule has 6 heteroatoms. The maximum absolute atomic E-state index is 12.0. The molecule has 2 amide bonds. The minimum absolute atomic E-state index is 0.0195. The Morgan fingerprint density at radius 3 is 2.59 bits per heavy atom. The number of likely N-dealkylation sites (N-methyl/N-ethyl adjacent to an activating group) is 1. The maximum atomic E-state index is 12.0. The Labute approximate surface area is 100 Å². The molecule has 1 N–H and O–H groups in total. The highest BCUT2D eigenvalue weighted by atomic mass is 16.4. The van der Waals surface area contributed by atoms with Crippen molar-refractivity contribution >= 4 is 17.8 Å². The molecule has 96 valence electrons. The van der Waals surface area contributed by atoms with Crippen molar-refractivity contribution in [3.8, 4) is 0 Å². The SMILES string of the molecule is CCC(C(=O)N(C)CC(=O)O)N1CCCC1=O. The molecular formula is C11H18N2O4. The molecule has 0 aromatic rings. The molecule has 1 rings (SSSR count). The summed E-state index contributed by atoms with van der Waals surface area (Å²) < 4.78 is 0. The van der Waals surface area contributed by atoms with Gasteiger partial charge in [-0.25, -0.2) is 0 Å². The molecule has 1 heterocycles. The van der Waals surface area contributed by atoms with Crippen LogP contribution in [0.1, 0.15) is 26.2 Å². The van der Waals surface area contributed by atoms with Gasteiger partial charge < -0.3 is 14.9 Å². The van der Waals surface area contributed by atoms with Crippen LogP contribution < -0.4 is 0 Å². The zero-order valence-corrected chi connectivity index (χ0v) is 10.2. The van der Waals surface area contributed by atoms with Crippen molar-refractivity contribution in [2.24, 2.45) is 0 Å². The summed E-state index contributed by atoms with van der Waals surface area (Å²) in [6.45, 7) is 2.07. The van der Waals surface area contributed by atoms with E-state index in [0.29, 0.717) is 19.4 Å². The van der Waals surface area contributed by atoms with Gasteiger partial charge in [-0.3, -0.25) is 14.4 Å². The van der Waals surface area contributed by atoms with Gasteiger partial charge in [0.05, 0.1) is 0 Å². The summed E-state index contributed by atoms with van der Waals surface area (Å²) in [5.41, 5.74) is 0. The molecule has 0 radical (unpaired) electrons. The van der Waals surface area contributed by atoms with Gasteiger partial charge in [-0.15, -0.1) is 0 Å². The number of rotatable bonds is 5. The summed E-state index contributed by atoms with van der Waals surface area (Å²) in [7, 11) is 1.44. The number of hydrogen-bond acceptors (Lipinski definition) is 3. The van der Waals surface area contributed by atoms with E-state index in [0.717, 1.165) is 11.3 Å². The quantitative estimate of drug-likeness (QED) is 0.732. The molecule has 0 aromatic carbocycles. The van der Waals surface area contributed by atoms with Crippen LogP contribution in [0.4, 0.5) is 0 Å². The van der Waals surface area contributed by atoms with E-state index in [1.165, 1.54) is 7.05 Å². The summed E-state index contributed by atoms with van der Waals surface area (Å²) >= 11 is 0. The van der Waals surface area contributed by atoms with E-state index in [1.807, 2.05) is 6.92 Å². The summed E-state index contributed by atoms with van der Waals surface area (Å²) in [5, 5.41) is 8.63. The predicted molar refractivity (Wildman–Crippen MR) is 60.3 cm³/mol. The van der Waals surface area contributed by atoms with E-state index >= 15 is 0 Å². The second kappa shape index (κ2) is 5.65. The van der Waals surface area contributed by atoms with Crippen molar-refractivity contribution in [3.63, 3.8) is 0 Å². The fourth-order valence-corrected chi connectivity index (χ4v) is 2.06. The zero-order chi connectivity index (χ0) is 13.0. The number of amides is 2. The van der Waals surface area contributed by atoms with Crippen molar-refractivity contribution in [1.29, 1.82) is 0 Å². The summed E-state index contributed by atoms with van der Waals surface area (Å²) in [4.78, 5) is 36.8. The maximum Gasteiger partial charge on any atom is 0.323 e. The van der Waals surface area contributed by atoms with Gasteiger partial charge in [0.2, 0.25) is 11.8 Å². The third-order valence-electron chi connectivity index (χ3n) is 2.91. The van der Waals surface area contributed by atoms with Gasteiger partial charge in [-0.05, 0) is 12.8 Å². The molecule has 0 spiro atoms. The van der Waals surface area contributed by atoms with E-state index in [1.54, 1.807) is 4.90 Å². The van der Waals surface area contributed by atoms with E-state index in [-0.39, 0.29) is 18.4 Å². The average molecular weight is 242 g/mol. The van der Waals surface area contributed by atoms with Gasteiger partial charge in [0.15, 0.2) is 0 Å². The topological polar surface area (TPSA) is 77.9 Å². The number of carboxylic acids is 1. The van der Waals surface area contributed by atoms with Crippen LogP contribution in [0.5, 0.6) is 0 Å². The molecule has 1 aliphatic rings. The monoisotopic (exact) mass is 242 g/mol. The fraction of sp³-hybridized carbons (Fsp3) is 0.727. The van der Waals surface area contributed by atoms with Crippen LogP contribution in [-0.4, -0.2) is 58.9 Å². The molecule has 1 atom stereocenters. The normalized spacial score (nSPS) is 17.1. The van der Waals surface area contributed by atoms with E-state index in [9.17, 15) is 14.4 Å². The lowest BCUT2D eigenvalue weighted by molar-refractivity contribution is -0.147. The fourth-order valence-electron chi connectivity index (χ4n) is 2.06. The average Bonchev–Trinajstić information content (AvgIpc) is 2.65. The Hall–Kier alpha value is -1.59. The summed E-state index contributed by atoms with van der Waals surface area (Å²) in [6.07, 6.45) is 1.76. The number of hydrogen-bond donors (Lipinski definition) is 1. The lowest BCUT2D eigenvalue weighted by Crippen LogP contribution is -2.48. The second-order valence-electron chi connectivity index (χ2n) is 4.20. The molecule has 17 heavy (non-hydrogen) atoms. The van der Waals surface area contributed by atoms with Crippen molar-refractivity contribution in [3.05, 3.63) is 0 Å². The minimum atomic E-state index is -1.05. The highest BCUT2D eigenvalue weighted by molar-refractivity contribution is 5.90. The lowest BCUT2D eigenvalue weighted by Gasteiger charge is -2.29. The van der Waals surface area contributed by atoms with Crippen LogP contribution in [-0.2, 0) is 14.4 Å². The number of carbonyl (C=O) groups is 3. The first-order valence-electron chi connectivity index (χ1n) is 5.73. The third-order valence-corrected chi connectivity index (χ3v) is 2.91. The number of likely N-dealkylation sites (tertiary alicyclic amines) is 1. The van der Waals surface area contributed by atoms with E-state index in [2.05, 4.69) is 0 Å². The third kappa shape index (κ3) is 3.18. The van der Waals surface area contributed by atoms with Gasteiger partial charge in [0.1, 0.15) is 12.6 Å². The Kier molecular flexibility index (Phi) is 4.48. The Bertz CT molecular complexity index is 329. The molecule has 0 aromatic heterocycles. The summed E-state index contributed by atoms with van der Waals surface area (Å²) in [5.74, 6) is -1.37. The largest absolute Gasteiger partial charge is 0.480 e. The minimum Gasteiger partial charge on any atom is -0.480 e. The number of carbonyl (C=O) groups excluding carboxylic acids is 2. The molecule has 1 fully saturated rings. The highest BCUT2D eigenvalue weighted by Crippen LogP contribution is 2.17. The Morgan fingerprint density at radius 1 is 1.53 bits per heavy atom. The standard InChI is InChI=1S/C11H18N2O4/c1-3-8(13-6-4-5-9(13)14)11(17)12(2)7-10(15)16/h8H,3-7H2,1-2H3,(H,15,16). The molecule has 1 saturated heterocycles. The molecule has 1 aliphatic heterocycles. The van der Waals surface area contributed by atoms with Gasteiger partial charge in [0.25, 0.3) is 0 Å². The van der Waals surface area contributed by atoms with Crippen molar-refractivity contribution in [1.82, 2.24) is 9.80 Å². The van der Waals surface area contributed by atoms with Gasteiger partial charge in [-0.1, -0.05) is 6.92 Å². The van der Waals surface area contributed by atoms with Crippen LogP contribution in [0.15, 0.2) is 0 Å². The highest BCUT2D eigenvalue weighted by Gasteiger charge is 2.33.